The van der Waals surface area contributed by atoms with Crippen LogP contribution in [-0.4, -0.2) is 31.2 Å². The summed E-state index contributed by atoms with van der Waals surface area (Å²) in [4.78, 5) is 27.4. The Balaban J connectivity index is 1.62. The van der Waals surface area contributed by atoms with Crippen LogP contribution in [0.4, 0.5) is 17.1 Å². The van der Waals surface area contributed by atoms with E-state index in [0.29, 0.717) is 0 Å². The number of nitrogens with zero attached hydrogens (tertiary/aromatic N) is 1. The van der Waals surface area contributed by atoms with Crippen molar-refractivity contribution >= 4 is 40.6 Å². The first-order valence-electron chi connectivity index (χ1n) is 7.67. The van der Waals surface area contributed by atoms with Gasteiger partial charge >= 0.3 is 0 Å². The summed E-state index contributed by atoms with van der Waals surface area (Å²) < 4.78 is 0. The molecule has 0 saturated heterocycles. The molecule has 124 valence electrons. The second kappa shape index (κ2) is 6.97. The van der Waals surface area contributed by atoms with Crippen molar-refractivity contribution in [3.05, 3.63) is 48.5 Å². The van der Waals surface area contributed by atoms with Crippen LogP contribution in [0.3, 0.4) is 0 Å². The van der Waals surface area contributed by atoms with Gasteiger partial charge in [0.1, 0.15) is 0 Å². The molecule has 1 heterocycles. The summed E-state index contributed by atoms with van der Waals surface area (Å²) in [6.07, 6.45) is 0.139. The quantitative estimate of drug-likeness (QED) is 0.896. The molecule has 6 heteroatoms. The number of anilines is 3. The smallest absolute Gasteiger partial charge is 0.238 e. The minimum Gasteiger partial charge on any atom is -0.378 e. The van der Waals surface area contributed by atoms with Crippen LogP contribution < -0.4 is 15.5 Å². The molecule has 24 heavy (non-hydrogen) atoms. The highest BCUT2D eigenvalue weighted by molar-refractivity contribution is 8.01. The molecule has 0 fully saturated rings. The molecule has 0 aliphatic carbocycles. The number of thioether (sulfide) groups is 1. The van der Waals surface area contributed by atoms with E-state index in [0.717, 1.165) is 22.0 Å². The molecule has 2 N–H and O–H groups in total. The number of nitrogens with one attached hydrogen (secondary N) is 2. The van der Waals surface area contributed by atoms with Crippen molar-refractivity contribution in [2.75, 3.05) is 29.6 Å². The van der Waals surface area contributed by atoms with Gasteiger partial charge in [-0.05, 0) is 36.4 Å². The van der Waals surface area contributed by atoms with Crippen LogP contribution in [0, 0.1) is 0 Å². The van der Waals surface area contributed by atoms with E-state index in [-0.39, 0.29) is 18.2 Å². The SMILES string of the molecule is CN(C)c1ccc(NC(=O)CC2Sc3ccccc3NC2=O)cc1. The summed E-state index contributed by atoms with van der Waals surface area (Å²) in [5, 5.41) is 5.29. The number of carbonyl (C=O) groups excluding carboxylic acids is 2. The average molecular weight is 341 g/mol. The zero-order valence-electron chi connectivity index (χ0n) is 13.6. The van der Waals surface area contributed by atoms with Gasteiger partial charge in [-0.15, -0.1) is 11.8 Å². The molecule has 1 aliphatic heterocycles. The molecule has 1 unspecified atom stereocenters. The minimum atomic E-state index is -0.416. The molecule has 0 aromatic heterocycles. The van der Waals surface area contributed by atoms with E-state index in [1.807, 2.05) is 67.5 Å². The molecule has 0 radical (unpaired) electrons. The monoisotopic (exact) mass is 341 g/mol. The van der Waals surface area contributed by atoms with E-state index < -0.39 is 5.25 Å². The number of amides is 2. The van der Waals surface area contributed by atoms with Crippen LogP contribution in [0.2, 0.25) is 0 Å². The maximum atomic E-state index is 12.2. The molecule has 5 nitrogen and oxygen atoms in total. The third kappa shape index (κ3) is 3.71. The Labute approximate surface area is 145 Å². The number of rotatable bonds is 4. The Hall–Kier alpha value is -2.47. The van der Waals surface area contributed by atoms with Gasteiger partial charge in [-0.2, -0.15) is 0 Å². The molecular weight excluding hydrogens is 322 g/mol. The Morgan fingerprint density at radius 1 is 1.17 bits per heavy atom. The van der Waals surface area contributed by atoms with Crippen molar-refractivity contribution in [1.29, 1.82) is 0 Å². The topological polar surface area (TPSA) is 61.4 Å². The zero-order chi connectivity index (χ0) is 17.1. The summed E-state index contributed by atoms with van der Waals surface area (Å²) in [5.74, 6) is -0.295. The van der Waals surface area contributed by atoms with Crippen molar-refractivity contribution in [2.24, 2.45) is 0 Å². The predicted octanol–water partition coefficient (Wildman–Crippen LogP) is 3.19. The maximum absolute atomic E-state index is 12.2. The van der Waals surface area contributed by atoms with Crippen LogP contribution in [0.5, 0.6) is 0 Å². The molecule has 2 aromatic carbocycles. The number of para-hydroxylation sites is 1. The normalized spacial score (nSPS) is 16.1. The van der Waals surface area contributed by atoms with E-state index in [4.69, 9.17) is 0 Å². The lowest BCUT2D eigenvalue weighted by Gasteiger charge is -2.23. The van der Waals surface area contributed by atoms with Crippen molar-refractivity contribution < 1.29 is 9.59 Å². The Bertz CT molecular complexity index is 759. The fraction of sp³-hybridized carbons (Fsp3) is 0.222. The van der Waals surface area contributed by atoms with Crippen LogP contribution in [0.1, 0.15) is 6.42 Å². The molecule has 1 aliphatic rings. The van der Waals surface area contributed by atoms with Gasteiger partial charge in [0.05, 0.1) is 10.9 Å². The summed E-state index contributed by atoms with van der Waals surface area (Å²) in [6.45, 7) is 0. The second-order valence-electron chi connectivity index (χ2n) is 5.79. The summed E-state index contributed by atoms with van der Waals surface area (Å²) in [6, 6.07) is 15.2. The van der Waals surface area contributed by atoms with Gasteiger partial charge in [0.25, 0.3) is 0 Å². The molecular formula is C18H19N3O2S. The maximum Gasteiger partial charge on any atom is 0.238 e. The molecule has 2 aromatic rings. The third-order valence-corrected chi connectivity index (χ3v) is 5.02. The molecule has 0 saturated carbocycles. The Kier molecular flexibility index (Phi) is 4.76. The lowest BCUT2D eigenvalue weighted by atomic mass is 10.2. The zero-order valence-corrected chi connectivity index (χ0v) is 14.4. The molecule has 0 bridgehead atoms. The van der Waals surface area contributed by atoms with Crippen LogP contribution in [-0.2, 0) is 9.59 Å². The number of hydrogen-bond donors (Lipinski definition) is 2. The standard InChI is InChI=1S/C18H19N3O2S/c1-21(2)13-9-7-12(8-10-13)19-17(22)11-16-18(23)20-14-5-3-4-6-15(14)24-16/h3-10,16H,11H2,1-2H3,(H,19,22)(H,20,23). The molecule has 1 atom stereocenters. The van der Waals surface area contributed by atoms with Gasteiger partial charge in [0.2, 0.25) is 11.8 Å². The summed E-state index contributed by atoms with van der Waals surface area (Å²) in [7, 11) is 3.93. The van der Waals surface area contributed by atoms with Gasteiger partial charge in [0, 0.05) is 36.8 Å². The average Bonchev–Trinajstić information content (AvgIpc) is 2.56. The highest BCUT2D eigenvalue weighted by Crippen LogP contribution is 2.36. The molecule has 0 spiro atoms. The van der Waals surface area contributed by atoms with E-state index in [2.05, 4.69) is 10.6 Å². The van der Waals surface area contributed by atoms with E-state index in [9.17, 15) is 9.59 Å². The predicted molar refractivity (Wildman–Crippen MR) is 98.7 cm³/mol. The van der Waals surface area contributed by atoms with E-state index >= 15 is 0 Å². The summed E-state index contributed by atoms with van der Waals surface area (Å²) in [5.41, 5.74) is 2.60. The van der Waals surface area contributed by atoms with Gasteiger partial charge < -0.3 is 15.5 Å². The molecule has 2 amide bonds. The van der Waals surface area contributed by atoms with Crippen molar-refractivity contribution in [3.63, 3.8) is 0 Å². The van der Waals surface area contributed by atoms with Crippen LogP contribution in [0.15, 0.2) is 53.4 Å². The number of fused-ring (bicyclic) bond motifs is 1. The van der Waals surface area contributed by atoms with Gasteiger partial charge in [0.15, 0.2) is 0 Å². The minimum absolute atomic E-state index is 0.128. The second-order valence-corrected chi connectivity index (χ2v) is 7.03. The first kappa shape index (κ1) is 16.4. The largest absolute Gasteiger partial charge is 0.378 e. The fourth-order valence-corrected chi connectivity index (χ4v) is 3.56. The highest BCUT2D eigenvalue weighted by atomic mass is 32.2. The van der Waals surface area contributed by atoms with Gasteiger partial charge in [-0.25, -0.2) is 0 Å². The van der Waals surface area contributed by atoms with Crippen molar-refractivity contribution in [2.45, 2.75) is 16.6 Å². The fourth-order valence-electron chi connectivity index (χ4n) is 2.45. The van der Waals surface area contributed by atoms with Crippen LogP contribution >= 0.6 is 11.8 Å². The third-order valence-electron chi connectivity index (χ3n) is 3.74. The Morgan fingerprint density at radius 3 is 2.58 bits per heavy atom. The number of benzene rings is 2. The van der Waals surface area contributed by atoms with Crippen molar-refractivity contribution in [3.8, 4) is 0 Å². The molecule has 3 rings (SSSR count). The van der Waals surface area contributed by atoms with Gasteiger partial charge in [-0.3, -0.25) is 9.59 Å². The number of carbonyl (C=O) groups is 2. The lowest BCUT2D eigenvalue weighted by molar-refractivity contribution is -0.120. The first-order valence-corrected chi connectivity index (χ1v) is 8.54. The Morgan fingerprint density at radius 2 is 1.88 bits per heavy atom. The number of hydrogen-bond acceptors (Lipinski definition) is 4. The highest BCUT2D eigenvalue weighted by Gasteiger charge is 2.28. The van der Waals surface area contributed by atoms with Gasteiger partial charge in [-0.1, -0.05) is 12.1 Å². The van der Waals surface area contributed by atoms with E-state index in [1.165, 1.54) is 11.8 Å². The summed E-state index contributed by atoms with van der Waals surface area (Å²) >= 11 is 1.43. The van der Waals surface area contributed by atoms with E-state index in [1.54, 1.807) is 0 Å². The lowest BCUT2D eigenvalue weighted by Crippen LogP contribution is -2.32. The first-order chi connectivity index (χ1) is 11.5. The van der Waals surface area contributed by atoms with Crippen LogP contribution in [0.25, 0.3) is 0 Å². The van der Waals surface area contributed by atoms with Crippen molar-refractivity contribution in [1.82, 2.24) is 0 Å².